The van der Waals surface area contributed by atoms with Gasteiger partial charge in [-0.2, -0.15) is 0 Å². The Balaban J connectivity index is 1.10. The van der Waals surface area contributed by atoms with Crippen molar-refractivity contribution in [1.29, 1.82) is 0 Å². The van der Waals surface area contributed by atoms with Crippen molar-refractivity contribution in [3.63, 3.8) is 0 Å². The average Bonchev–Trinajstić information content (AvgIpc) is 3.76. The third-order valence-corrected chi connectivity index (χ3v) is 9.96. The quantitative estimate of drug-likeness (QED) is 0.150. The van der Waals surface area contributed by atoms with Crippen LogP contribution in [0.3, 0.4) is 0 Å². The molecule has 2 aromatic carbocycles. The van der Waals surface area contributed by atoms with Gasteiger partial charge in [-0.25, -0.2) is 9.97 Å². The van der Waals surface area contributed by atoms with E-state index < -0.39 is 0 Å². The second-order valence-electron chi connectivity index (χ2n) is 13.0. The highest BCUT2D eigenvalue weighted by atomic mass is 35.5. The van der Waals surface area contributed by atoms with Gasteiger partial charge in [0.25, 0.3) is 5.56 Å². The summed E-state index contributed by atoms with van der Waals surface area (Å²) < 4.78 is 7.16. The molecule has 2 aliphatic heterocycles. The lowest BCUT2D eigenvalue weighted by molar-refractivity contribution is -0.120. The third-order valence-electron chi connectivity index (χ3n) is 9.55. The minimum Gasteiger partial charge on any atom is -0.480 e. The number of pyridine rings is 1. The fourth-order valence-corrected chi connectivity index (χ4v) is 7.12. The Morgan fingerprint density at radius 3 is 2.22 bits per heavy atom. The van der Waals surface area contributed by atoms with Crippen LogP contribution >= 0.6 is 11.6 Å². The summed E-state index contributed by atoms with van der Waals surface area (Å²) in [6.07, 6.45) is 7.79. The number of hydrogen-bond acceptors (Lipinski definition) is 9. The Morgan fingerprint density at radius 2 is 1.53 bits per heavy atom. The molecule has 51 heavy (non-hydrogen) atoms. The molecule has 4 N–H and O–H groups in total. The molecule has 2 atom stereocenters. The van der Waals surface area contributed by atoms with Crippen LogP contribution in [0.15, 0.2) is 71.9 Å². The molecular weight excluding hydrogens is 668 g/mol. The number of halogens is 1. The van der Waals surface area contributed by atoms with E-state index in [1.54, 1.807) is 30.1 Å². The molecule has 3 aromatic heterocycles. The first kappa shape index (κ1) is 34.3. The second-order valence-corrected chi connectivity index (χ2v) is 13.3. The highest BCUT2D eigenvalue weighted by Gasteiger charge is 2.22. The maximum absolute atomic E-state index is 13.3. The van der Waals surface area contributed by atoms with E-state index in [1.165, 1.54) is 0 Å². The number of benzene rings is 2. The largest absolute Gasteiger partial charge is 0.480 e. The summed E-state index contributed by atoms with van der Waals surface area (Å²) in [7, 11) is 1.57. The first-order valence-electron chi connectivity index (χ1n) is 17.1. The smallest absolute Gasteiger partial charge is 0.262 e. The van der Waals surface area contributed by atoms with Crippen molar-refractivity contribution in [3.05, 3.63) is 99.3 Å². The van der Waals surface area contributed by atoms with Gasteiger partial charge in [-0.15, -0.1) is 0 Å². The van der Waals surface area contributed by atoms with Gasteiger partial charge in [-0.1, -0.05) is 48.0 Å². The van der Waals surface area contributed by atoms with Gasteiger partial charge in [0, 0.05) is 80.2 Å². The van der Waals surface area contributed by atoms with Gasteiger partial charge < -0.3 is 26.0 Å². The molecule has 2 aliphatic rings. The molecule has 0 bridgehead atoms. The molecule has 0 radical (unpaired) electrons. The van der Waals surface area contributed by atoms with E-state index in [0.29, 0.717) is 72.5 Å². The Hall–Kier alpha value is -5.17. The molecule has 2 saturated heterocycles. The van der Waals surface area contributed by atoms with Gasteiger partial charge in [0.15, 0.2) is 0 Å². The zero-order valence-corrected chi connectivity index (χ0v) is 29.2. The molecule has 7 rings (SSSR count). The molecule has 12 nitrogen and oxygen atoms in total. The van der Waals surface area contributed by atoms with E-state index in [2.05, 4.69) is 38.2 Å². The number of rotatable bonds is 12. The van der Waals surface area contributed by atoms with Gasteiger partial charge in [-0.05, 0) is 54.2 Å². The zero-order valence-electron chi connectivity index (χ0n) is 28.5. The van der Waals surface area contributed by atoms with Crippen molar-refractivity contribution >= 4 is 29.1 Å². The molecule has 0 spiro atoms. The Bertz CT molecular complexity index is 2190. The van der Waals surface area contributed by atoms with Crippen LogP contribution in [-0.2, 0) is 22.7 Å². The average molecular weight is 707 g/mol. The SMILES string of the molecule is COc1nc(-c2cccc(-c3cccc(-c4ccn5c(=O)c(CNCC6CCC(=O)N6)cnc5c4)c3C)c2Cl)cnc1CNCC1CCC(=O)N1. The lowest BCUT2D eigenvalue weighted by atomic mass is 9.92. The molecule has 2 fully saturated rings. The zero-order chi connectivity index (χ0) is 35.5. The maximum Gasteiger partial charge on any atom is 0.262 e. The third kappa shape index (κ3) is 7.34. The van der Waals surface area contributed by atoms with Gasteiger partial charge >= 0.3 is 0 Å². The summed E-state index contributed by atoms with van der Waals surface area (Å²) in [5.41, 5.74) is 7.70. The van der Waals surface area contributed by atoms with Gasteiger partial charge in [0.1, 0.15) is 11.3 Å². The van der Waals surface area contributed by atoms with Gasteiger partial charge in [-0.3, -0.25) is 23.8 Å². The van der Waals surface area contributed by atoms with Crippen LogP contribution in [0.1, 0.15) is 42.5 Å². The van der Waals surface area contributed by atoms with Crippen molar-refractivity contribution in [1.82, 2.24) is 40.6 Å². The topological polar surface area (TPSA) is 152 Å². The van der Waals surface area contributed by atoms with Gasteiger partial charge in [0.05, 0.1) is 24.0 Å². The minimum absolute atomic E-state index is 0.0678. The monoisotopic (exact) mass is 706 g/mol. The van der Waals surface area contributed by atoms with Crippen LogP contribution < -0.4 is 31.6 Å². The van der Waals surface area contributed by atoms with Crippen molar-refractivity contribution in [2.45, 2.75) is 57.8 Å². The molecule has 2 amide bonds. The number of hydrogen-bond donors (Lipinski definition) is 4. The summed E-state index contributed by atoms with van der Waals surface area (Å²) in [4.78, 5) is 50.3. The number of nitrogens with zero attached hydrogens (tertiary/aromatic N) is 4. The lowest BCUT2D eigenvalue weighted by Gasteiger charge is -2.16. The van der Waals surface area contributed by atoms with Crippen molar-refractivity contribution in [2.75, 3.05) is 20.2 Å². The fraction of sp³-hybridized carbons (Fsp3) is 0.316. The number of carbonyl (C=O) groups excluding carboxylic acids is 2. The van der Waals surface area contributed by atoms with E-state index in [4.69, 9.17) is 21.3 Å². The molecule has 0 saturated carbocycles. The minimum atomic E-state index is -0.133. The summed E-state index contributed by atoms with van der Waals surface area (Å²) in [6, 6.07) is 16.0. The number of fused-ring (bicyclic) bond motifs is 1. The molecular formula is C38H39ClN8O4. The lowest BCUT2D eigenvalue weighted by Crippen LogP contribution is -2.36. The number of ether oxygens (including phenoxy) is 1. The van der Waals surface area contributed by atoms with Gasteiger partial charge in [0.2, 0.25) is 17.7 Å². The normalized spacial score (nSPS) is 17.2. The number of methoxy groups -OCH3 is 1. The first-order valence-corrected chi connectivity index (χ1v) is 17.5. The van der Waals surface area contributed by atoms with Crippen LogP contribution in [0.5, 0.6) is 5.88 Å². The molecule has 5 aromatic rings. The number of amides is 2. The highest BCUT2D eigenvalue weighted by Crippen LogP contribution is 2.40. The predicted molar refractivity (Wildman–Crippen MR) is 195 cm³/mol. The standard InChI is InChI=1S/C38H39ClN8O4/c1-22-27(23-13-14-47-33(15-23)43-17-24(38(47)50)16-40-18-25-9-11-34(48)44-25)5-3-6-28(22)29-7-4-8-30(36(29)39)31-21-42-32(37(46-31)51-2)20-41-19-26-10-12-35(49)45-26/h3-8,13-15,17,21,25-26,40-41H,9-12,16,18-20H2,1-2H3,(H,44,48)(H,45,49). The van der Waals surface area contributed by atoms with Crippen molar-refractivity contribution in [3.8, 4) is 39.4 Å². The van der Waals surface area contributed by atoms with E-state index in [-0.39, 0.29) is 29.5 Å². The van der Waals surface area contributed by atoms with E-state index in [9.17, 15) is 14.4 Å². The summed E-state index contributed by atoms with van der Waals surface area (Å²) >= 11 is 7.11. The molecule has 5 heterocycles. The predicted octanol–water partition coefficient (Wildman–Crippen LogP) is 4.19. The summed E-state index contributed by atoms with van der Waals surface area (Å²) in [6.45, 7) is 4.11. The van der Waals surface area contributed by atoms with E-state index in [1.807, 2.05) is 48.5 Å². The van der Waals surface area contributed by atoms with Crippen LogP contribution in [0.4, 0.5) is 0 Å². The van der Waals surface area contributed by atoms with Crippen LogP contribution in [0, 0.1) is 6.92 Å². The maximum atomic E-state index is 13.3. The van der Waals surface area contributed by atoms with Crippen molar-refractivity contribution < 1.29 is 14.3 Å². The highest BCUT2D eigenvalue weighted by molar-refractivity contribution is 6.36. The fourth-order valence-electron chi connectivity index (χ4n) is 6.80. The Labute approximate surface area is 300 Å². The van der Waals surface area contributed by atoms with Crippen molar-refractivity contribution in [2.24, 2.45) is 0 Å². The van der Waals surface area contributed by atoms with Crippen LogP contribution in [0.2, 0.25) is 5.02 Å². The van der Waals surface area contributed by atoms with Crippen LogP contribution in [-0.4, -0.2) is 63.4 Å². The molecule has 0 aliphatic carbocycles. The number of nitrogens with one attached hydrogen (secondary N) is 4. The van der Waals surface area contributed by atoms with E-state index in [0.717, 1.165) is 46.2 Å². The van der Waals surface area contributed by atoms with E-state index >= 15 is 0 Å². The molecule has 13 heteroatoms. The summed E-state index contributed by atoms with van der Waals surface area (Å²) in [5.74, 6) is 0.557. The second kappa shape index (κ2) is 15.0. The van der Waals surface area contributed by atoms with Crippen LogP contribution in [0.25, 0.3) is 39.2 Å². The Morgan fingerprint density at radius 1 is 0.863 bits per heavy atom. The first-order chi connectivity index (χ1) is 24.8. The Kier molecular flexibility index (Phi) is 10.1. The molecule has 262 valence electrons. The molecule has 2 unspecified atom stereocenters. The number of carbonyl (C=O) groups is 2. The number of aromatic nitrogens is 4. The summed E-state index contributed by atoms with van der Waals surface area (Å²) in [5, 5.41) is 13.0.